The Labute approximate surface area is 112 Å². The highest BCUT2D eigenvalue weighted by Gasteiger charge is 2.12. The smallest absolute Gasteiger partial charge is 0.201 e. The summed E-state index contributed by atoms with van der Waals surface area (Å²) in [6.45, 7) is 2.98. The first-order valence-corrected chi connectivity index (χ1v) is 6.66. The molecule has 0 radical (unpaired) electrons. The highest BCUT2D eigenvalue weighted by Crippen LogP contribution is 2.26. The number of hydrogen-bond donors (Lipinski definition) is 1. The summed E-state index contributed by atoms with van der Waals surface area (Å²) in [4.78, 5) is 4.19. The van der Waals surface area contributed by atoms with Crippen molar-refractivity contribution in [3.63, 3.8) is 0 Å². The van der Waals surface area contributed by atoms with E-state index in [0.29, 0.717) is 11.5 Å². The third kappa shape index (κ3) is 2.80. The van der Waals surface area contributed by atoms with Gasteiger partial charge in [0.05, 0.1) is 18.1 Å². The number of nitrogens with two attached hydrogens (primary N) is 1. The number of hydrogen-bond acceptors (Lipinski definition) is 3. The molecule has 0 saturated carbocycles. The summed E-state index contributed by atoms with van der Waals surface area (Å²) in [5, 5.41) is 0. The molecule has 2 rings (SSSR count). The van der Waals surface area contributed by atoms with Gasteiger partial charge in [0, 0.05) is 18.7 Å². The van der Waals surface area contributed by atoms with E-state index in [9.17, 15) is 4.39 Å². The minimum atomic E-state index is -0.411. The normalized spacial score (nSPS) is 11.1. The van der Waals surface area contributed by atoms with Crippen LogP contribution in [-0.4, -0.2) is 16.7 Å². The second-order valence-electron chi connectivity index (χ2n) is 4.66. The maximum absolute atomic E-state index is 13.6. The summed E-state index contributed by atoms with van der Waals surface area (Å²) in [7, 11) is 1.45. The minimum Gasteiger partial charge on any atom is -0.494 e. The molecule has 0 saturated heterocycles. The quantitative estimate of drug-likeness (QED) is 0.815. The molecular weight excluding hydrogens is 245 g/mol. The molecule has 4 nitrogen and oxygen atoms in total. The van der Waals surface area contributed by atoms with Crippen molar-refractivity contribution < 1.29 is 9.13 Å². The second-order valence-corrected chi connectivity index (χ2v) is 4.66. The van der Waals surface area contributed by atoms with Crippen molar-refractivity contribution in [1.29, 1.82) is 0 Å². The third-order valence-electron chi connectivity index (χ3n) is 3.29. The Morgan fingerprint density at radius 1 is 1.32 bits per heavy atom. The number of unbranched alkanes of at least 4 members (excludes halogenated alkanes) is 3. The van der Waals surface area contributed by atoms with E-state index in [1.54, 1.807) is 6.07 Å². The van der Waals surface area contributed by atoms with Crippen LogP contribution in [0, 0.1) is 5.82 Å². The Bertz CT molecular complexity index is 565. The van der Waals surface area contributed by atoms with E-state index in [0.717, 1.165) is 24.9 Å². The number of anilines is 1. The molecule has 0 aliphatic rings. The first kappa shape index (κ1) is 13.6. The molecule has 0 atom stereocenters. The maximum atomic E-state index is 13.6. The molecule has 19 heavy (non-hydrogen) atoms. The van der Waals surface area contributed by atoms with Gasteiger partial charge < -0.3 is 15.0 Å². The van der Waals surface area contributed by atoms with E-state index < -0.39 is 5.82 Å². The molecule has 0 bridgehead atoms. The van der Waals surface area contributed by atoms with Crippen LogP contribution in [0.4, 0.5) is 10.3 Å². The second kappa shape index (κ2) is 5.91. The fourth-order valence-corrected chi connectivity index (χ4v) is 2.23. The number of fused-ring (bicyclic) bond motifs is 1. The average molecular weight is 265 g/mol. The Hall–Kier alpha value is -1.78. The van der Waals surface area contributed by atoms with Crippen LogP contribution in [-0.2, 0) is 6.54 Å². The molecule has 0 aliphatic carbocycles. The number of nitrogen functional groups attached to an aromatic ring is 1. The van der Waals surface area contributed by atoms with Crippen molar-refractivity contribution in [3.8, 4) is 5.75 Å². The predicted molar refractivity (Wildman–Crippen MR) is 74.8 cm³/mol. The average Bonchev–Trinajstić information content (AvgIpc) is 2.69. The van der Waals surface area contributed by atoms with Crippen LogP contribution in [0.15, 0.2) is 12.1 Å². The van der Waals surface area contributed by atoms with Gasteiger partial charge in [-0.1, -0.05) is 26.2 Å². The van der Waals surface area contributed by atoms with Crippen molar-refractivity contribution in [1.82, 2.24) is 9.55 Å². The number of methoxy groups -OCH3 is 1. The molecule has 104 valence electrons. The van der Waals surface area contributed by atoms with E-state index in [2.05, 4.69) is 11.9 Å². The number of benzene rings is 1. The highest BCUT2D eigenvalue weighted by atomic mass is 19.1. The van der Waals surface area contributed by atoms with Crippen LogP contribution in [0.25, 0.3) is 11.0 Å². The molecule has 0 unspecified atom stereocenters. The summed E-state index contributed by atoms with van der Waals surface area (Å²) in [5.41, 5.74) is 7.30. The largest absolute Gasteiger partial charge is 0.494 e. The topological polar surface area (TPSA) is 53.1 Å². The SMILES string of the molecule is CCCCCCn1c(N)nc2cc(F)c(OC)cc21. The molecule has 2 N–H and O–H groups in total. The van der Waals surface area contributed by atoms with E-state index in [1.165, 1.54) is 26.0 Å². The number of nitrogens with zero attached hydrogens (tertiary/aromatic N) is 2. The maximum Gasteiger partial charge on any atom is 0.201 e. The molecule has 2 aromatic rings. The van der Waals surface area contributed by atoms with Crippen LogP contribution >= 0.6 is 0 Å². The van der Waals surface area contributed by atoms with Gasteiger partial charge in [0.25, 0.3) is 0 Å². The summed E-state index contributed by atoms with van der Waals surface area (Å²) in [6.07, 6.45) is 4.61. The zero-order valence-corrected chi connectivity index (χ0v) is 11.4. The van der Waals surface area contributed by atoms with Gasteiger partial charge in [0.2, 0.25) is 5.95 Å². The Morgan fingerprint density at radius 2 is 2.11 bits per heavy atom. The van der Waals surface area contributed by atoms with Crippen LogP contribution in [0.5, 0.6) is 5.75 Å². The van der Waals surface area contributed by atoms with Crippen LogP contribution in [0.2, 0.25) is 0 Å². The van der Waals surface area contributed by atoms with Crippen LogP contribution in [0.1, 0.15) is 32.6 Å². The van der Waals surface area contributed by atoms with Gasteiger partial charge in [-0.25, -0.2) is 9.37 Å². The van der Waals surface area contributed by atoms with Gasteiger partial charge in [-0.15, -0.1) is 0 Å². The van der Waals surface area contributed by atoms with Gasteiger partial charge >= 0.3 is 0 Å². The number of imidazole rings is 1. The van der Waals surface area contributed by atoms with Gasteiger partial charge in [-0.05, 0) is 6.42 Å². The zero-order chi connectivity index (χ0) is 13.8. The molecule has 0 amide bonds. The van der Waals surface area contributed by atoms with Crippen LogP contribution < -0.4 is 10.5 Å². The molecule has 1 aromatic carbocycles. The molecular formula is C14H20FN3O. The predicted octanol–water partition coefficient (Wildman–Crippen LogP) is 3.35. The molecule has 0 fully saturated rings. The minimum absolute atomic E-state index is 0.224. The van der Waals surface area contributed by atoms with Gasteiger partial charge in [-0.3, -0.25) is 0 Å². The van der Waals surface area contributed by atoms with Crippen molar-refractivity contribution >= 4 is 17.0 Å². The number of halogens is 1. The van der Waals surface area contributed by atoms with Crippen molar-refractivity contribution in [2.45, 2.75) is 39.2 Å². The van der Waals surface area contributed by atoms with Crippen LogP contribution in [0.3, 0.4) is 0 Å². The molecule has 1 heterocycles. The molecule has 0 aliphatic heterocycles. The monoisotopic (exact) mass is 265 g/mol. The lowest BCUT2D eigenvalue weighted by molar-refractivity contribution is 0.387. The lowest BCUT2D eigenvalue weighted by atomic mass is 10.2. The Morgan fingerprint density at radius 3 is 2.79 bits per heavy atom. The Kier molecular flexibility index (Phi) is 4.24. The Balaban J connectivity index is 2.29. The lowest BCUT2D eigenvalue weighted by Crippen LogP contribution is -2.03. The van der Waals surface area contributed by atoms with E-state index >= 15 is 0 Å². The summed E-state index contributed by atoms with van der Waals surface area (Å²) < 4.78 is 20.5. The summed E-state index contributed by atoms with van der Waals surface area (Å²) in [5.74, 6) is 0.243. The van der Waals surface area contributed by atoms with E-state index in [1.807, 2.05) is 4.57 Å². The standard InChI is InChI=1S/C14H20FN3O/c1-3-4-5-6-7-18-12-9-13(19-2)10(15)8-11(12)17-14(18)16/h8-9H,3-7H2,1-2H3,(H2,16,17). The fraction of sp³-hybridized carbons (Fsp3) is 0.500. The summed E-state index contributed by atoms with van der Waals surface area (Å²) >= 11 is 0. The van der Waals surface area contributed by atoms with Gasteiger partial charge in [0.15, 0.2) is 11.6 Å². The highest BCUT2D eigenvalue weighted by molar-refractivity contribution is 5.80. The first-order chi connectivity index (χ1) is 9.17. The third-order valence-corrected chi connectivity index (χ3v) is 3.29. The summed E-state index contributed by atoms with van der Waals surface area (Å²) in [6, 6.07) is 3.03. The van der Waals surface area contributed by atoms with Crippen molar-refractivity contribution in [2.75, 3.05) is 12.8 Å². The number of aromatic nitrogens is 2. The molecule has 0 spiro atoms. The lowest BCUT2D eigenvalue weighted by Gasteiger charge is -2.07. The van der Waals surface area contributed by atoms with Crippen molar-refractivity contribution in [3.05, 3.63) is 17.9 Å². The number of aryl methyl sites for hydroxylation is 1. The first-order valence-electron chi connectivity index (χ1n) is 6.66. The number of ether oxygens (including phenoxy) is 1. The van der Waals surface area contributed by atoms with Gasteiger partial charge in [-0.2, -0.15) is 0 Å². The van der Waals surface area contributed by atoms with Crippen molar-refractivity contribution in [2.24, 2.45) is 0 Å². The van der Waals surface area contributed by atoms with E-state index in [-0.39, 0.29) is 5.75 Å². The molecule has 5 heteroatoms. The number of rotatable bonds is 6. The zero-order valence-electron chi connectivity index (χ0n) is 11.4. The fourth-order valence-electron chi connectivity index (χ4n) is 2.23. The van der Waals surface area contributed by atoms with E-state index in [4.69, 9.17) is 10.5 Å². The molecule has 1 aromatic heterocycles. The van der Waals surface area contributed by atoms with Gasteiger partial charge in [0.1, 0.15) is 0 Å².